The average Bonchev–Trinajstić information content (AvgIpc) is 3.09. The van der Waals surface area contributed by atoms with Crippen LogP contribution in [-0.4, -0.2) is 64.6 Å². The molecule has 0 saturated carbocycles. The number of nitrogens with two attached hydrogens (primary N) is 3. The second-order valence-electron chi connectivity index (χ2n) is 9.06. The van der Waals surface area contributed by atoms with Crippen LogP contribution in [-0.2, 0) is 29.5 Å². The number of carbonyl (C=O) groups excluding carboxylic acids is 5. The highest BCUT2D eigenvalue weighted by Crippen LogP contribution is 2.40. The number of hydrogen-bond donors (Lipinski definition) is 5. The van der Waals surface area contributed by atoms with E-state index >= 15 is 0 Å². The SMILES string of the molecule is COC(=O)c1ccc([C@@]2(C)NC(=O)N(C3=CCCC(C(=O)[C@@H](N)CC(=O)O)=C3C(C)=O)C2=O)c(N=C(N)N)c1. The molecule has 0 unspecified atom stereocenters. The Morgan fingerprint density at radius 3 is 2.46 bits per heavy atom. The minimum atomic E-state index is -1.76. The Morgan fingerprint density at radius 2 is 1.90 bits per heavy atom. The van der Waals surface area contributed by atoms with Crippen molar-refractivity contribution in [2.75, 3.05) is 7.11 Å². The number of urea groups is 1. The predicted molar refractivity (Wildman–Crippen MR) is 136 cm³/mol. The van der Waals surface area contributed by atoms with Gasteiger partial charge in [-0.15, -0.1) is 0 Å². The lowest BCUT2D eigenvalue weighted by atomic mass is 9.85. The van der Waals surface area contributed by atoms with E-state index in [-0.39, 0.29) is 52.5 Å². The smallest absolute Gasteiger partial charge is 0.337 e. The second-order valence-corrected chi connectivity index (χ2v) is 9.06. The van der Waals surface area contributed by atoms with Crippen LogP contribution in [0.25, 0.3) is 0 Å². The number of benzene rings is 1. The molecule has 39 heavy (non-hydrogen) atoms. The number of aliphatic imine (C=N–C) groups is 1. The van der Waals surface area contributed by atoms with Crippen LogP contribution in [0, 0.1) is 0 Å². The van der Waals surface area contributed by atoms with Crippen molar-refractivity contribution in [1.29, 1.82) is 0 Å². The summed E-state index contributed by atoms with van der Waals surface area (Å²) in [5.74, 6) is -4.58. The molecule has 2 atom stereocenters. The molecule has 3 rings (SSSR count). The van der Waals surface area contributed by atoms with Gasteiger partial charge in [0.25, 0.3) is 5.91 Å². The van der Waals surface area contributed by atoms with Gasteiger partial charge in [-0.2, -0.15) is 0 Å². The third-order valence-electron chi connectivity index (χ3n) is 6.31. The van der Waals surface area contributed by atoms with E-state index < -0.39 is 53.4 Å². The van der Waals surface area contributed by atoms with Crippen molar-refractivity contribution in [3.8, 4) is 0 Å². The number of allylic oxidation sites excluding steroid dienone is 2. The third kappa shape index (κ3) is 5.40. The van der Waals surface area contributed by atoms with Crippen LogP contribution in [0.1, 0.15) is 49.0 Å². The number of nitrogens with zero attached hydrogens (tertiary/aromatic N) is 2. The molecule has 1 saturated heterocycles. The molecule has 14 nitrogen and oxygen atoms in total. The largest absolute Gasteiger partial charge is 0.481 e. The average molecular weight is 541 g/mol. The molecule has 0 radical (unpaired) electrons. The van der Waals surface area contributed by atoms with Gasteiger partial charge in [-0.1, -0.05) is 12.1 Å². The van der Waals surface area contributed by atoms with Crippen molar-refractivity contribution in [1.82, 2.24) is 10.2 Å². The summed E-state index contributed by atoms with van der Waals surface area (Å²) in [4.78, 5) is 80.6. The van der Waals surface area contributed by atoms with Gasteiger partial charge in [0, 0.05) is 16.7 Å². The van der Waals surface area contributed by atoms with E-state index in [0.29, 0.717) is 0 Å². The third-order valence-corrected chi connectivity index (χ3v) is 6.31. The van der Waals surface area contributed by atoms with E-state index in [1.165, 1.54) is 38.3 Å². The monoisotopic (exact) mass is 540 g/mol. The Hall–Kier alpha value is -4.85. The number of esters is 1. The Bertz CT molecular complexity index is 1390. The molecule has 0 spiro atoms. The number of carboxylic acid groups (broad SMARTS) is 1. The highest BCUT2D eigenvalue weighted by atomic mass is 16.5. The number of methoxy groups -OCH3 is 1. The van der Waals surface area contributed by atoms with E-state index in [2.05, 4.69) is 10.3 Å². The zero-order chi connectivity index (χ0) is 29.2. The standard InChI is InChI=1S/C25H28N6O8/c1-11(32)19-13(20(35)15(26)10-18(33)34)5-4-6-17(19)31-22(37)25(2,30-24(31)38)14-8-7-12(21(36)39-3)9-16(14)29-23(27)28/h6-9,15H,4-5,10,26H2,1-3H3,(H,30,38)(H,33,34)(H4,27,28,29)/t15-,25+/m0/s1. The van der Waals surface area contributed by atoms with Crippen molar-refractivity contribution in [3.63, 3.8) is 0 Å². The fraction of sp³-hybridized carbons (Fsp3) is 0.320. The Morgan fingerprint density at radius 1 is 1.23 bits per heavy atom. The van der Waals surface area contributed by atoms with Gasteiger partial charge in [0.2, 0.25) is 0 Å². The summed E-state index contributed by atoms with van der Waals surface area (Å²) in [6, 6.07) is 1.71. The number of Topliss-reactive ketones (excluding diaryl/α,β-unsaturated/α-hetero) is 2. The zero-order valence-electron chi connectivity index (χ0n) is 21.4. The molecular formula is C25H28N6O8. The molecule has 14 heteroatoms. The van der Waals surface area contributed by atoms with Gasteiger partial charge in [-0.3, -0.25) is 19.2 Å². The number of ether oxygens (including phenoxy) is 1. The zero-order valence-corrected chi connectivity index (χ0v) is 21.4. The Balaban J connectivity index is 2.12. The van der Waals surface area contributed by atoms with Crippen LogP contribution in [0.5, 0.6) is 0 Å². The number of nitrogens with one attached hydrogen (secondary N) is 1. The number of carboxylic acids is 1. The van der Waals surface area contributed by atoms with Crippen LogP contribution in [0.15, 0.2) is 46.1 Å². The second kappa shape index (κ2) is 10.9. The fourth-order valence-corrected chi connectivity index (χ4v) is 4.55. The number of carbonyl (C=O) groups is 6. The van der Waals surface area contributed by atoms with Crippen LogP contribution in [0.3, 0.4) is 0 Å². The maximum atomic E-state index is 13.9. The van der Waals surface area contributed by atoms with E-state index in [9.17, 15) is 28.8 Å². The molecular weight excluding hydrogens is 512 g/mol. The number of rotatable bonds is 9. The highest BCUT2D eigenvalue weighted by Gasteiger charge is 2.52. The van der Waals surface area contributed by atoms with Crippen molar-refractivity contribution >= 4 is 47.1 Å². The number of aliphatic carboxylic acids is 1. The van der Waals surface area contributed by atoms with Gasteiger partial charge >= 0.3 is 18.0 Å². The summed E-state index contributed by atoms with van der Waals surface area (Å²) < 4.78 is 4.71. The normalized spacial score (nSPS) is 19.7. The number of hydrogen-bond acceptors (Lipinski definition) is 9. The van der Waals surface area contributed by atoms with Gasteiger partial charge in [0.1, 0.15) is 5.54 Å². The molecule has 1 fully saturated rings. The maximum Gasteiger partial charge on any atom is 0.337 e. The molecule has 0 aromatic heterocycles. The number of imide groups is 1. The van der Waals surface area contributed by atoms with Crippen molar-refractivity contribution < 1.29 is 38.6 Å². The van der Waals surface area contributed by atoms with Crippen LogP contribution < -0.4 is 22.5 Å². The van der Waals surface area contributed by atoms with Gasteiger partial charge in [0.15, 0.2) is 17.5 Å². The lowest BCUT2D eigenvalue weighted by molar-refractivity contribution is -0.138. The first kappa shape index (κ1) is 28.7. The number of amides is 3. The fourth-order valence-electron chi connectivity index (χ4n) is 4.55. The first-order valence-corrected chi connectivity index (χ1v) is 11.7. The van der Waals surface area contributed by atoms with Crippen LogP contribution in [0.4, 0.5) is 10.5 Å². The highest BCUT2D eigenvalue weighted by molar-refractivity contribution is 6.15. The van der Waals surface area contributed by atoms with E-state index in [0.717, 1.165) is 11.8 Å². The topological polar surface area (TPSA) is 238 Å². The molecule has 1 aliphatic carbocycles. The van der Waals surface area contributed by atoms with Gasteiger partial charge < -0.3 is 32.4 Å². The lowest BCUT2D eigenvalue weighted by Crippen LogP contribution is -2.41. The van der Waals surface area contributed by atoms with Crippen LogP contribution in [0.2, 0.25) is 0 Å². The molecule has 3 amide bonds. The van der Waals surface area contributed by atoms with Gasteiger partial charge in [0.05, 0.1) is 36.5 Å². The first-order valence-electron chi connectivity index (χ1n) is 11.7. The molecule has 1 heterocycles. The predicted octanol–water partition coefficient (Wildman–Crippen LogP) is 0.0795. The van der Waals surface area contributed by atoms with E-state index in [4.69, 9.17) is 27.0 Å². The van der Waals surface area contributed by atoms with Crippen LogP contribution >= 0.6 is 0 Å². The summed E-state index contributed by atoms with van der Waals surface area (Å²) in [5.41, 5.74) is 14.9. The van der Waals surface area contributed by atoms with E-state index in [1.807, 2.05) is 0 Å². The number of ketones is 2. The summed E-state index contributed by atoms with van der Waals surface area (Å²) in [7, 11) is 1.18. The molecule has 1 aliphatic heterocycles. The minimum absolute atomic E-state index is 0.00590. The van der Waals surface area contributed by atoms with Crippen molar-refractivity contribution in [2.24, 2.45) is 22.2 Å². The molecule has 0 bridgehead atoms. The molecule has 206 valence electrons. The molecule has 1 aromatic carbocycles. The number of guanidine groups is 1. The molecule has 8 N–H and O–H groups in total. The summed E-state index contributed by atoms with van der Waals surface area (Å²) >= 11 is 0. The molecule has 1 aromatic rings. The summed E-state index contributed by atoms with van der Waals surface area (Å²) in [5, 5.41) is 11.6. The quantitative estimate of drug-likeness (QED) is 0.122. The van der Waals surface area contributed by atoms with E-state index in [1.54, 1.807) is 0 Å². The maximum absolute atomic E-state index is 13.9. The summed E-state index contributed by atoms with van der Waals surface area (Å²) in [6.07, 6.45) is 1.04. The van der Waals surface area contributed by atoms with Gasteiger partial charge in [-0.25, -0.2) is 19.5 Å². The lowest BCUT2D eigenvalue weighted by Gasteiger charge is -2.27. The Kier molecular flexibility index (Phi) is 8.00. The summed E-state index contributed by atoms with van der Waals surface area (Å²) in [6.45, 7) is 2.55. The first-order chi connectivity index (χ1) is 18.2. The van der Waals surface area contributed by atoms with Gasteiger partial charge in [-0.05, 0) is 38.8 Å². The van der Waals surface area contributed by atoms with Crippen molar-refractivity contribution in [3.05, 3.63) is 52.2 Å². The minimum Gasteiger partial charge on any atom is -0.481 e. The molecule has 2 aliphatic rings. The van der Waals surface area contributed by atoms with Crippen molar-refractivity contribution in [2.45, 2.75) is 44.7 Å². The Labute approximate surface area is 222 Å².